The predicted octanol–water partition coefficient (Wildman–Crippen LogP) is 3.84. The molecular weight excluding hydrogens is 351 g/mol. The van der Waals surface area contributed by atoms with Crippen molar-refractivity contribution in [3.8, 4) is 0 Å². The maximum absolute atomic E-state index is 11.7. The molecule has 2 rings (SSSR count). The summed E-state index contributed by atoms with van der Waals surface area (Å²) in [6.45, 7) is -0.470. The van der Waals surface area contributed by atoms with E-state index in [0.717, 1.165) is 0 Å². The zero-order chi connectivity index (χ0) is 16.1. The standard InChI is InChI=1S/C14H9Cl3N2O3/c15-9-3-1-8(2-4-9)14(21)22-7-12(20)19-13-11(17)5-10(16)6-18-13/h1-6H,7H2,(H,18,19,20). The fourth-order valence-electron chi connectivity index (χ4n) is 1.48. The van der Waals surface area contributed by atoms with Crippen molar-refractivity contribution in [2.24, 2.45) is 0 Å². The molecule has 2 aromatic rings. The van der Waals surface area contributed by atoms with Crippen LogP contribution < -0.4 is 5.32 Å². The van der Waals surface area contributed by atoms with Gasteiger partial charge in [0.05, 0.1) is 15.6 Å². The van der Waals surface area contributed by atoms with Gasteiger partial charge in [-0.05, 0) is 30.3 Å². The van der Waals surface area contributed by atoms with Gasteiger partial charge in [0, 0.05) is 11.2 Å². The van der Waals surface area contributed by atoms with Gasteiger partial charge in [0.15, 0.2) is 12.4 Å². The fraction of sp³-hybridized carbons (Fsp3) is 0.0714. The Morgan fingerprint density at radius 1 is 1.09 bits per heavy atom. The smallest absolute Gasteiger partial charge is 0.338 e. The molecule has 8 heteroatoms. The minimum Gasteiger partial charge on any atom is -0.452 e. The van der Waals surface area contributed by atoms with E-state index in [1.54, 1.807) is 12.1 Å². The molecule has 1 heterocycles. The van der Waals surface area contributed by atoms with Crippen molar-refractivity contribution in [1.29, 1.82) is 0 Å². The van der Waals surface area contributed by atoms with Crippen LogP contribution in [-0.2, 0) is 9.53 Å². The van der Waals surface area contributed by atoms with Crippen LogP contribution in [0.5, 0.6) is 0 Å². The molecule has 1 aromatic heterocycles. The first-order valence-electron chi connectivity index (χ1n) is 5.99. The number of pyridine rings is 1. The number of aromatic nitrogens is 1. The van der Waals surface area contributed by atoms with Gasteiger partial charge in [0.1, 0.15) is 0 Å². The number of hydrogen-bond acceptors (Lipinski definition) is 4. The fourth-order valence-corrected chi connectivity index (χ4v) is 2.03. The third-order valence-corrected chi connectivity index (χ3v) is 3.23. The molecule has 1 N–H and O–H groups in total. The Balaban J connectivity index is 1.89. The van der Waals surface area contributed by atoms with Crippen LogP contribution in [-0.4, -0.2) is 23.5 Å². The van der Waals surface area contributed by atoms with Crippen molar-refractivity contribution in [1.82, 2.24) is 4.98 Å². The van der Waals surface area contributed by atoms with Gasteiger partial charge in [0.25, 0.3) is 5.91 Å². The Morgan fingerprint density at radius 3 is 2.41 bits per heavy atom. The summed E-state index contributed by atoms with van der Waals surface area (Å²) in [6, 6.07) is 7.54. The maximum Gasteiger partial charge on any atom is 0.338 e. The number of esters is 1. The van der Waals surface area contributed by atoms with Gasteiger partial charge in [-0.15, -0.1) is 0 Å². The Labute approximate surface area is 141 Å². The third kappa shape index (κ3) is 4.59. The molecule has 0 spiro atoms. The largest absolute Gasteiger partial charge is 0.452 e. The number of anilines is 1. The summed E-state index contributed by atoms with van der Waals surface area (Å²) < 4.78 is 4.87. The summed E-state index contributed by atoms with van der Waals surface area (Å²) in [4.78, 5) is 27.3. The van der Waals surface area contributed by atoms with Gasteiger partial charge in [-0.2, -0.15) is 0 Å². The highest BCUT2D eigenvalue weighted by Gasteiger charge is 2.12. The van der Waals surface area contributed by atoms with Crippen LogP contribution in [0.25, 0.3) is 0 Å². The Bertz CT molecular complexity index is 705. The normalized spacial score (nSPS) is 10.1. The molecule has 0 fully saturated rings. The Hall–Kier alpha value is -1.82. The Morgan fingerprint density at radius 2 is 1.77 bits per heavy atom. The van der Waals surface area contributed by atoms with Crippen LogP contribution in [0.2, 0.25) is 15.1 Å². The van der Waals surface area contributed by atoms with E-state index in [-0.39, 0.29) is 10.8 Å². The lowest BCUT2D eigenvalue weighted by Gasteiger charge is -2.07. The molecule has 0 unspecified atom stereocenters. The highest BCUT2D eigenvalue weighted by Crippen LogP contribution is 2.22. The first-order chi connectivity index (χ1) is 10.5. The van der Waals surface area contributed by atoms with Crippen molar-refractivity contribution in [3.63, 3.8) is 0 Å². The number of benzene rings is 1. The molecular formula is C14H9Cl3N2O3. The number of halogens is 3. The molecule has 0 aliphatic rings. The monoisotopic (exact) mass is 358 g/mol. The molecule has 0 saturated carbocycles. The number of amides is 1. The zero-order valence-electron chi connectivity index (χ0n) is 11.0. The second kappa shape index (κ2) is 7.45. The number of rotatable bonds is 4. The molecule has 5 nitrogen and oxygen atoms in total. The minimum absolute atomic E-state index is 0.138. The van der Waals surface area contributed by atoms with Crippen molar-refractivity contribution in [3.05, 3.63) is 57.2 Å². The summed E-state index contributed by atoms with van der Waals surface area (Å²) in [6.07, 6.45) is 1.34. The minimum atomic E-state index is -0.637. The summed E-state index contributed by atoms with van der Waals surface area (Å²) in [5.74, 6) is -1.07. The summed E-state index contributed by atoms with van der Waals surface area (Å²) in [7, 11) is 0. The lowest BCUT2D eigenvalue weighted by atomic mass is 10.2. The molecule has 0 bridgehead atoms. The number of hydrogen-bond donors (Lipinski definition) is 1. The summed E-state index contributed by atoms with van der Waals surface area (Å²) in [5, 5.41) is 3.44. The van der Waals surface area contributed by atoms with Gasteiger partial charge in [-0.25, -0.2) is 9.78 Å². The van der Waals surface area contributed by atoms with Crippen LogP contribution in [0.3, 0.4) is 0 Å². The molecule has 0 aliphatic heterocycles. The molecule has 1 aromatic carbocycles. The van der Waals surface area contributed by atoms with Crippen LogP contribution >= 0.6 is 34.8 Å². The molecule has 0 aliphatic carbocycles. The molecule has 0 radical (unpaired) electrons. The molecule has 0 atom stereocenters. The predicted molar refractivity (Wildman–Crippen MR) is 84.6 cm³/mol. The van der Waals surface area contributed by atoms with Gasteiger partial charge < -0.3 is 10.1 Å². The zero-order valence-corrected chi connectivity index (χ0v) is 13.2. The maximum atomic E-state index is 11.7. The topological polar surface area (TPSA) is 68.3 Å². The van der Waals surface area contributed by atoms with E-state index in [4.69, 9.17) is 39.5 Å². The molecule has 114 valence electrons. The summed E-state index contributed by atoms with van der Waals surface area (Å²) in [5.41, 5.74) is 0.292. The van der Waals surface area contributed by atoms with E-state index >= 15 is 0 Å². The van der Waals surface area contributed by atoms with Gasteiger partial charge in [-0.1, -0.05) is 34.8 Å². The number of ether oxygens (including phenoxy) is 1. The number of carbonyl (C=O) groups is 2. The average molecular weight is 360 g/mol. The first kappa shape index (κ1) is 16.5. The highest BCUT2D eigenvalue weighted by molar-refractivity contribution is 6.36. The van der Waals surface area contributed by atoms with Crippen LogP contribution in [0.4, 0.5) is 5.82 Å². The van der Waals surface area contributed by atoms with E-state index in [1.807, 2.05) is 0 Å². The lowest BCUT2D eigenvalue weighted by Crippen LogP contribution is -2.21. The third-order valence-electron chi connectivity index (χ3n) is 2.48. The van der Waals surface area contributed by atoms with E-state index in [1.165, 1.54) is 24.4 Å². The SMILES string of the molecule is O=C(COC(=O)c1ccc(Cl)cc1)Nc1ncc(Cl)cc1Cl. The van der Waals surface area contributed by atoms with Gasteiger partial charge >= 0.3 is 5.97 Å². The number of nitrogens with zero attached hydrogens (tertiary/aromatic N) is 1. The van der Waals surface area contributed by atoms with Crippen LogP contribution in [0.1, 0.15) is 10.4 Å². The van der Waals surface area contributed by atoms with Crippen molar-refractivity contribution >= 4 is 52.5 Å². The molecule has 0 saturated heterocycles. The lowest BCUT2D eigenvalue weighted by molar-refractivity contribution is -0.119. The van der Waals surface area contributed by atoms with E-state index in [2.05, 4.69) is 10.3 Å². The van der Waals surface area contributed by atoms with E-state index in [9.17, 15) is 9.59 Å². The average Bonchev–Trinajstić information content (AvgIpc) is 2.48. The van der Waals surface area contributed by atoms with Crippen LogP contribution in [0, 0.1) is 0 Å². The van der Waals surface area contributed by atoms with Crippen molar-refractivity contribution in [2.45, 2.75) is 0 Å². The van der Waals surface area contributed by atoms with E-state index in [0.29, 0.717) is 15.6 Å². The first-order valence-corrected chi connectivity index (χ1v) is 7.12. The molecule has 1 amide bonds. The van der Waals surface area contributed by atoms with Crippen LogP contribution in [0.15, 0.2) is 36.5 Å². The van der Waals surface area contributed by atoms with E-state index < -0.39 is 18.5 Å². The second-order valence-corrected chi connectivity index (χ2v) is 5.40. The quantitative estimate of drug-likeness (QED) is 0.842. The summed E-state index contributed by atoms with van der Waals surface area (Å²) >= 11 is 17.3. The van der Waals surface area contributed by atoms with Crippen molar-refractivity contribution < 1.29 is 14.3 Å². The van der Waals surface area contributed by atoms with Gasteiger partial charge in [-0.3, -0.25) is 4.79 Å². The Kier molecular flexibility index (Phi) is 5.60. The number of nitrogens with one attached hydrogen (secondary N) is 1. The van der Waals surface area contributed by atoms with Crippen molar-refractivity contribution in [2.75, 3.05) is 11.9 Å². The van der Waals surface area contributed by atoms with Gasteiger partial charge in [0.2, 0.25) is 0 Å². The second-order valence-electron chi connectivity index (χ2n) is 4.12. The highest BCUT2D eigenvalue weighted by atomic mass is 35.5. The number of carbonyl (C=O) groups excluding carboxylic acids is 2. The molecule has 22 heavy (non-hydrogen) atoms.